The van der Waals surface area contributed by atoms with E-state index in [2.05, 4.69) is 31.1 Å². The molecule has 3 rings (SSSR count). The Hall–Kier alpha value is -0.930. The van der Waals surface area contributed by atoms with Gasteiger partial charge in [0.25, 0.3) is 0 Å². The largest absolute Gasteiger partial charge is 0.444 e. The summed E-state index contributed by atoms with van der Waals surface area (Å²) in [4.78, 5) is 15.7. The molecule has 214 valence electrons. The summed E-state index contributed by atoms with van der Waals surface area (Å²) in [5.74, 6) is 0. The first kappa shape index (κ1) is 38.6. The Morgan fingerprint density at radius 1 is 0.800 bits per heavy atom. The summed E-state index contributed by atoms with van der Waals surface area (Å²) in [5.41, 5.74) is -0.422. The third-order valence-corrected chi connectivity index (χ3v) is 4.80. The lowest BCUT2D eigenvalue weighted by Gasteiger charge is -2.34. The average molecular weight is 508 g/mol. The zero-order valence-electron chi connectivity index (χ0n) is 25.5. The zero-order valence-corrected chi connectivity index (χ0v) is 25.5. The quantitative estimate of drug-likeness (QED) is 0.492. The van der Waals surface area contributed by atoms with Crippen LogP contribution in [-0.4, -0.2) is 106 Å². The molecule has 0 aromatic carbocycles. The monoisotopic (exact) mass is 507 g/mol. The number of hydrogen-bond donors (Lipinski definition) is 1. The zero-order chi connectivity index (χ0) is 27.9. The second-order valence-corrected chi connectivity index (χ2v) is 8.93. The maximum atomic E-state index is 11.7. The van der Waals surface area contributed by atoms with E-state index in [1.54, 1.807) is 4.90 Å². The second kappa shape index (κ2) is 24.8. The van der Waals surface area contributed by atoms with Crippen LogP contribution in [0.25, 0.3) is 0 Å². The maximum absolute atomic E-state index is 11.7. The normalized spacial score (nSPS) is 24.0. The second-order valence-electron chi connectivity index (χ2n) is 8.93. The molecule has 1 amide bonds. The maximum Gasteiger partial charge on any atom is 0.410 e. The molecule has 8 heteroatoms. The molecule has 35 heavy (non-hydrogen) atoms. The lowest BCUT2D eigenvalue weighted by atomic mass is 10.2. The summed E-state index contributed by atoms with van der Waals surface area (Å²) in [6, 6.07) is 1.29. The number of nitrogens with zero attached hydrogens (tertiary/aromatic N) is 2. The van der Waals surface area contributed by atoms with Gasteiger partial charge in [-0.05, 0) is 48.6 Å². The number of nitrogens with one attached hydrogen (secondary N) is 1. The first-order chi connectivity index (χ1) is 16.6. The molecule has 8 nitrogen and oxygen atoms in total. The van der Waals surface area contributed by atoms with Gasteiger partial charge in [-0.25, -0.2) is 4.79 Å². The third-order valence-electron chi connectivity index (χ3n) is 4.80. The number of rotatable bonds is 0. The lowest BCUT2D eigenvalue weighted by molar-refractivity contribution is -0.0278. The van der Waals surface area contributed by atoms with Crippen molar-refractivity contribution in [2.24, 2.45) is 0 Å². The van der Waals surface area contributed by atoms with Crippen molar-refractivity contribution in [1.29, 1.82) is 0 Å². The lowest BCUT2D eigenvalue weighted by Crippen LogP contribution is -2.48. The van der Waals surface area contributed by atoms with E-state index in [1.807, 2.05) is 69.2 Å². The van der Waals surface area contributed by atoms with Crippen molar-refractivity contribution in [1.82, 2.24) is 15.1 Å². The number of likely N-dealkylation sites (N-methyl/N-ethyl adjacent to an activating group) is 1. The predicted octanol–water partition coefficient (Wildman–Crippen LogP) is 5.05. The number of amides is 1. The minimum Gasteiger partial charge on any atom is -0.444 e. The highest BCUT2D eigenvalue weighted by Crippen LogP contribution is 2.13. The van der Waals surface area contributed by atoms with Crippen LogP contribution >= 0.6 is 0 Å². The first-order valence-corrected chi connectivity index (χ1v) is 13.8. The van der Waals surface area contributed by atoms with Gasteiger partial charge in [0.1, 0.15) is 5.60 Å². The van der Waals surface area contributed by atoms with Gasteiger partial charge in [-0.2, -0.15) is 0 Å². The molecule has 0 spiro atoms. The number of morpholine rings is 3. The van der Waals surface area contributed by atoms with E-state index in [9.17, 15) is 4.79 Å². The standard InChI is InChI=1S/C10H19NO3.C6H13NO.C5H11NO.3C2H6/c1-8-7-13-6-5-11(8)9(12)14-10(2,3)4;1-6-5-8-4-3-7(6)2;1-5-4-7-3-2-6-5;3*1-2/h8H,5-7H2,1-4H3;6H,3-5H2,1-2H3;5-6H,2-4H2,1H3;3*1-2H3. The molecule has 3 atom stereocenters. The van der Waals surface area contributed by atoms with E-state index in [1.165, 1.54) is 0 Å². The number of ether oxygens (including phenoxy) is 4. The highest BCUT2D eigenvalue weighted by atomic mass is 16.6. The van der Waals surface area contributed by atoms with Crippen molar-refractivity contribution in [2.75, 3.05) is 66.3 Å². The summed E-state index contributed by atoms with van der Waals surface area (Å²) in [6.07, 6.45) is -0.242. The molecule has 0 aliphatic carbocycles. The molecule has 3 aliphatic heterocycles. The number of carbonyl (C=O) groups excluding carboxylic acids is 1. The minimum atomic E-state index is -0.422. The van der Waals surface area contributed by atoms with Crippen LogP contribution in [0, 0.1) is 0 Å². The van der Waals surface area contributed by atoms with Gasteiger partial charge in [0.2, 0.25) is 0 Å². The molecular formula is C27H61N3O5. The molecule has 3 aliphatic rings. The Kier molecular flexibility index (Phi) is 27.3. The highest BCUT2D eigenvalue weighted by molar-refractivity contribution is 5.68. The van der Waals surface area contributed by atoms with E-state index < -0.39 is 5.60 Å². The van der Waals surface area contributed by atoms with Crippen LogP contribution in [-0.2, 0) is 18.9 Å². The summed E-state index contributed by atoms with van der Waals surface area (Å²) in [7, 11) is 2.13. The molecule has 0 aromatic rings. The average Bonchev–Trinajstić information content (AvgIpc) is 2.85. The topological polar surface area (TPSA) is 72.5 Å². The molecule has 3 heterocycles. The summed E-state index contributed by atoms with van der Waals surface area (Å²) >= 11 is 0. The predicted molar refractivity (Wildman–Crippen MR) is 148 cm³/mol. The molecule has 0 aromatic heterocycles. The highest BCUT2D eigenvalue weighted by Gasteiger charge is 2.28. The minimum absolute atomic E-state index is 0.110. The summed E-state index contributed by atoms with van der Waals surface area (Å²) < 4.78 is 20.9. The van der Waals surface area contributed by atoms with Gasteiger partial charge in [0.15, 0.2) is 0 Å². The van der Waals surface area contributed by atoms with Crippen LogP contribution in [0.5, 0.6) is 0 Å². The van der Waals surface area contributed by atoms with Crippen LogP contribution < -0.4 is 5.32 Å². The van der Waals surface area contributed by atoms with Crippen LogP contribution in [0.15, 0.2) is 0 Å². The first-order valence-electron chi connectivity index (χ1n) is 13.8. The van der Waals surface area contributed by atoms with Crippen LogP contribution in [0.1, 0.15) is 83.1 Å². The number of carbonyl (C=O) groups is 1. The summed E-state index contributed by atoms with van der Waals surface area (Å²) in [5, 5.41) is 3.26. The van der Waals surface area contributed by atoms with Crippen LogP contribution in [0.2, 0.25) is 0 Å². The smallest absolute Gasteiger partial charge is 0.410 e. The van der Waals surface area contributed by atoms with Gasteiger partial charge in [-0.15, -0.1) is 0 Å². The van der Waals surface area contributed by atoms with E-state index in [-0.39, 0.29) is 12.1 Å². The molecule has 0 radical (unpaired) electrons. The molecule has 3 fully saturated rings. The van der Waals surface area contributed by atoms with E-state index in [0.29, 0.717) is 31.8 Å². The number of hydrogen-bond acceptors (Lipinski definition) is 7. The van der Waals surface area contributed by atoms with Gasteiger partial charge in [0, 0.05) is 31.7 Å². The van der Waals surface area contributed by atoms with Crippen molar-refractivity contribution in [3.8, 4) is 0 Å². The van der Waals surface area contributed by atoms with Crippen LogP contribution in [0.3, 0.4) is 0 Å². The van der Waals surface area contributed by atoms with Crippen molar-refractivity contribution in [2.45, 2.75) is 107 Å². The molecule has 0 saturated carbocycles. The van der Waals surface area contributed by atoms with Gasteiger partial charge >= 0.3 is 6.09 Å². The van der Waals surface area contributed by atoms with Gasteiger partial charge in [-0.1, -0.05) is 41.5 Å². The van der Waals surface area contributed by atoms with Crippen molar-refractivity contribution < 1.29 is 23.7 Å². The Morgan fingerprint density at radius 3 is 1.60 bits per heavy atom. The fraction of sp³-hybridized carbons (Fsp3) is 0.963. The molecule has 1 N–H and O–H groups in total. The summed E-state index contributed by atoms with van der Waals surface area (Å²) in [6.45, 7) is 31.4. The van der Waals surface area contributed by atoms with Gasteiger partial charge in [-0.3, -0.25) is 4.90 Å². The molecule has 3 unspecified atom stereocenters. The van der Waals surface area contributed by atoms with Gasteiger partial charge < -0.3 is 29.2 Å². The van der Waals surface area contributed by atoms with Crippen molar-refractivity contribution >= 4 is 6.09 Å². The molecule has 3 saturated heterocycles. The Balaban J connectivity index is -0.000000417. The fourth-order valence-electron chi connectivity index (χ4n) is 2.83. The molecule has 0 bridgehead atoms. The van der Waals surface area contributed by atoms with Gasteiger partial charge in [0.05, 0.1) is 45.7 Å². The SMILES string of the molecule is CC.CC.CC.CC1COCCN1.CC1COCCN1C.CC1COCCN1C(=O)OC(C)(C)C. The Labute approximate surface area is 218 Å². The Morgan fingerprint density at radius 2 is 1.29 bits per heavy atom. The third kappa shape index (κ3) is 22.0. The van der Waals surface area contributed by atoms with E-state index >= 15 is 0 Å². The van der Waals surface area contributed by atoms with E-state index in [0.717, 1.165) is 39.5 Å². The van der Waals surface area contributed by atoms with Crippen molar-refractivity contribution in [3.63, 3.8) is 0 Å². The van der Waals surface area contributed by atoms with E-state index in [4.69, 9.17) is 18.9 Å². The Bertz CT molecular complexity index is 445. The molecular weight excluding hydrogens is 446 g/mol. The fourth-order valence-corrected chi connectivity index (χ4v) is 2.83. The van der Waals surface area contributed by atoms with Crippen LogP contribution in [0.4, 0.5) is 4.79 Å². The van der Waals surface area contributed by atoms with Crippen molar-refractivity contribution in [3.05, 3.63) is 0 Å².